The van der Waals surface area contributed by atoms with Crippen LogP contribution in [0.5, 0.6) is 0 Å². The van der Waals surface area contributed by atoms with E-state index in [0.29, 0.717) is 16.5 Å². The molecule has 3 rings (SSSR count). The van der Waals surface area contributed by atoms with Gasteiger partial charge in [-0.3, -0.25) is 4.79 Å². The van der Waals surface area contributed by atoms with Crippen LogP contribution in [0.1, 0.15) is 30.3 Å². The van der Waals surface area contributed by atoms with Crippen LogP contribution in [0.3, 0.4) is 0 Å². The van der Waals surface area contributed by atoms with Crippen LogP contribution in [0.2, 0.25) is 5.02 Å². The van der Waals surface area contributed by atoms with Gasteiger partial charge in [0.2, 0.25) is 0 Å². The Bertz CT molecular complexity index is 681. The van der Waals surface area contributed by atoms with Crippen molar-refractivity contribution in [3.05, 3.63) is 47.2 Å². The summed E-state index contributed by atoms with van der Waals surface area (Å²) in [5.41, 5.74) is 0.804. The first-order valence-electron chi connectivity index (χ1n) is 8.07. The predicted molar refractivity (Wildman–Crippen MR) is 99.0 cm³/mol. The maximum Gasteiger partial charge on any atom is 0.289 e. The molecule has 2 aromatic rings. The topological polar surface area (TPSA) is 45.5 Å². The number of carbonyl (C=O) groups is 1. The van der Waals surface area contributed by atoms with Gasteiger partial charge in [0.05, 0.1) is 5.02 Å². The van der Waals surface area contributed by atoms with Crippen molar-refractivity contribution in [2.45, 2.75) is 25.8 Å². The number of carbonyl (C=O) groups excluding carboxylic acids is 1. The maximum absolute atomic E-state index is 12.8. The molecule has 1 aromatic heterocycles. The summed E-state index contributed by atoms with van der Waals surface area (Å²) in [7, 11) is 0. The van der Waals surface area contributed by atoms with Gasteiger partial charge in [0.15, 0.2) is 5.76 Å². The zero-order valence-electron chi connectivity index (χ0n) is 13.6. The monoisotopic (exact) mass is 368 g/mol. The molecule has 4 nitrogen and oxygen atoms in total. The minimum atomic E-state index is -0.0427. The molecule has 1 aromatic carbocycles. The fraction of sp³-hybridized carbons (Fsp3) is 0.389. The van der Waals surface area contributed by atoms with E-state index < -0.39 is 0 Å². The van der Waals surface area contributed by atoms with E-state index in [0.717, 1.165) is 38.0 Å². The number of furan rings is 1. The van der Waals surface area contributed by atoms with Crippen LogP contribution in [0.25, 0.3) is 11.3 Å². The molecule has 6 heteroatoms. The Labute approximate surface area is 153 Å². The minimum absolute atomic E-state index is 0. The van der Waals surface area contributed by atoms with E-state index in [4.69, 9.17) is 16.0 Å². The summed E-state index contributed by atoms with van der Waals surface area (Å²) < 4.78 is 5.80. The first kappa shape index (κ1) is 18.8. The van der Waals surface area contributed by atoms with Crippen molar-refractivity contribution in [2.24, 2.45) is 0 Å². The Morgan fingerprint density at radius 1 is 1.33 bits per heavy atom. The summed E-state index contributed by atoms with van der Waals surface area (Å²) >= 11 is 6.20. The average Bonchev–Trinajstić information content (AvgIpc) is 3.24. The summed E-state index contributed by atoms with van der Waals surface area (Å²) in [6.45, 7) is 4.64. The van der Waals surface area contributed by atoms with Gasteiger partial charge in [-0.25, -0.2) is 0 Å². The number of amides is 1. The highest BCUT2D eigenvalue weighted by atomic mass is 35.5. The number of hydrogen-bond donors (Lipinski definition) is 1. The van der Waals surface area contributed by atoms with Crippen LogP contribution in [0, 0.1) is 0 Å². The molecule has 1 unspecified atom stereocenters. The van der Waals surface area contributed by atoms with Crippen molar-refractivity contribution in [3.8, 4) is 11.3 Å². The SMILES string of the molecule is CCCN(C(=O)c1ccc(-c2ccccc2Cl)o1)C1CCNC1.Cl. The summed E-state index contributed by atoms with van der Waals surface area (Å²) in [6.07, 6.45) is 1.92. The van der Waals surface area contributed by atoms with Crippen LogP contribution < -0.4 is 5.32 Å². The molecule has 1 saturated heterocycles. The van der Waals surface area contributed by atoms with Gasteiger partial charge in [0.1, 0.15) is 5.76 Å². The molecular weight excluding hydrogens is 347 g/mol. The Morgan fingerprint density at radius 3 is 2.79 bits per heavy atom. The lowest BCUT2D eigenvalue weighted by molar-refractivity contribution is 0.0660. The molecule has 24 heavy (non-hydrogen) atoms. The van der Waals surface area contributed by atoms with Gasteiger partial charge < -0.3 is 14.6 Å². The Hall–Kier alpha value is -1.49. The van der Waals surface area contributed by atoms with Crippen molar-refractivity contribution >= 4 is 29.9 Å². The number of nitrogens with zero attached hydrogens (tertiary/aromatic N) is 1. The highest BCUT2D eigenvalue weighted by molar-refractivity contribution is 6.33. The summed E-state index contributed by atoms with van der Waals surface area (Å²) in [5, 5.41) is 3.93. The van der Waals surface area contributed by atoms with Crippen molar-refractivity contribution in [1.82, 2.24) is 10.2 Å². The molecule has 130 valence electrons. The molecule has 1 aliphatic rings. The predicted octanol–water partition coefficient (Wildman–Crippen LogP) is 4.24. The van der Waals surface area contributed by atoms with E-state index in [2.05, 4.69) is 12.2 Å². The second-order valence-corrected chi connectivity index (χ2v) is 6.20. The third-order valence-corrected chi connectivity index (χ3v) is 4.49. The van der Waals surface area contributed by atoms with Crippen LogP contribution in [-0.4, -0.2) is 36.5 Å². The van der Waals surface area contributed by atoms with Gasteiger partial charge >= 0.3 is 0 Å². The Morgan fingerprint density at radius 2 is 2.12 bits per heavy atom. The summed E-state index contributed by atoms with van der Waals surface area (Å²) in [6, 6.07) is 11.3. The van der Waals surface area contributed by atoms with E-state index in [1.807, 2.05) is 35.2 Å². The Kier molecular flexibility index (Phi) is 6.72. The number of benzene rings is 1. The molecule has 2 heterocycles. The Balaban J connectivity index is 0.00000208. The normalized spacial score (nSPS) is 16.7. The molecule has 0 bridgehead atoms. The molecule has 1 atom stereocenters. The zero-order valence-corrected chi connectivity index (χ0v) is 15.2. The standard InChI is InChI=1S/C18H21ClN2O2.ClH/c1-2-11-21(13-9-10-20-12-13)18(22)17-8-7-16(23-17)14-5-3-4-6-15(14)19;/h3-8,13,20H,2,9-12H2,1H3;1H. The molecule has 1 fully saturated rings. The molecule has 0 radical (unpaired) electrons. The fourth-order valence-corrected chi connectivity index (χ4v) is 3.23. The summed E-state index contributed by atoms with van der Waals surface area (Å²) in [5.74, 6) is 0.957. The van der Waals surface area contributed by atoms with Crippen LogP contribution in [-0.2, 0) is 0 Å². The van der Waals surface area contributed by atoms with E-state index in [1.165, 1.54) is 0 Å². The molecule has 1 N–H and O–H groups in total. The van der Waals surface area contributed by atoms with Gasteiger partial charge in [0, 0.05) is 24.7 Å². The average molecular weight is 369 g/mol. The third-order valence-electron chi connectivity index (χ3n) is 4.16. The lowest BCUT2D eigenvalue weighted by atomic mass is 10.2. The highest BCUT2D eigenvalue weighted by Crippen LogP contribution is 2.29. The number of nitrogens with one attached hydrogen (secondary N) is 1. The van der Waals surface area contributed by atoms with E-state index >= 15 is 0 Å². The molecule has 1 amide bonds. The van der Waals surface area contributed by atoms with Gasteiger partial charge in [-0.2, -0.15) is 0 Å². The largest absolute Gasteiger partial charge is 0.451 e. The molecule has 0 spiro atoms. The second-order valence-electron chi connectivity index (χ2n) is 5.79. The third kappa shape index (κ3) is 3.94. The lowest BCUT2D eigenvalue weighted by Crippen LogP contribution is -2.41. The second kappa shape index (κ2) is 8.56. The van der Waals surface area contributed by atoms with Crippen LogP contribution in [0.4, 0.5) is 0 Å². The van der Waals surface area contributed by atoms with Crippen LogP contribution >= 0.6 is 24.0 Å². The van der Waals surface area contributed by atoms with Gasteiger partial charge in [0.25, 0.3) is 5.91 Å². The van der Waals surface area contributed by atoms with Crippen molar-refractivity contribution < 1.29 is 9.21 Å². The maximum atomic E-state index is 12.8. The first-order chi connectivity index (χ1) is 11.2. The van der Waals surface area contributed by atoms with Crippen molar-refractivity contribution in [3.63, 3.8) is 0 Å². The van der Waals surface area contributed by atoms with Crippen LogP contribution in [0.15, 0.2) is 40.8 Å². The number of halogens is 2. The first-order valence-corrected chi connectivity index (χ1v) is 8.45. The molecule has 0 aliphatic carbocycles. The number of hydrogen-bond acceptors (Lipinski definition) is 3. The molecule has 1 aliphatic heterocycles. The van der Waals surface area contributed by atoms with E-state index in [9.17, 15) is 4.79 Å². The smallest absolute Gasteiger partial charge is 0.289 e. The lowest BCUT2D eigenvalue weighted by Gasteiger charge is -2.27. The van der Waals surface area contributed by atoms with Gasteiger partial charge in [-0.1, -0.05) is 30.7 Å². The number of rotatable bonds is 5. The van der Waals surface area contributed by atoms with Gasteiger partial charge in [-0.05, 0) is 43.7 Å². The minimum Gasteiger partial charge on any atom is -0.451 e. The van der Waals surface area contributed by atoms with E-state index in [-0.39, 0.29) is 24.4 Å². The molecule has 0 saturated carbocycles. The highest BCUT2D eigenvalue weighted by Gasteiger charge is 2.28. The van der Waals surface area contributed by atoms with E-state index in [1.54, 1.807) is 6.07 Å². The van der Waals surface area contributed by atoms with Gasteiger partial charge in [-0.15, -0.1) is 12.4 Å². The fourth-order valence-electron chi connectivity index (χ4n) is 3.00. The quantitative estimate of drug-likeness (QED) is 0.858. The zero-order chi connectivity index (χ0) is 16.2. The van der Waals surface area contributed by atoms with Crippen molar-refractivity contribution in [2.75, 3.05) is 19.6 Å². The molecular formula is C18H22Cl2N2O2. The van der Waals surface area contributed by atoms with Crippen molar-refractivity contribution in [1.29, 1.82) is 0 Å². The summed E-state index contributed by atoms with van der Waals surface area (Å²) in [4.78, 5) is 14.7.